The molecule has 0 amide bonds. The van der Waals surface area contributed by atoms with E-state index < -0.39 is 16.9 Å². The van der Waals surface area contributed by atoms with Gasteiger partial charge in [-0.05, 0) is 42.7 Å². The summed E-state index contributed by atoms with van der Waals surface area (Å²) in [6.07, 6.45) is 0.0294. The number of nitrogens with zero attached hydrogens (tertiary/aromatic N) is 1. The van der Waals surface area contributed by atoms with Gasteiger partial charge in [-0.3, -0.25) is 10.1 Å². The van der Waals surface area contributed by atoms with Crippen molar-refractivity contribution in [3.63, 3.8) is 0 Å². The molecule has 0 aromatic heterocycles. The molecule has 2 aromatic carbocycles. The molecule has 0 aliphatic heterocycles. The average Bonchev–Trinajstić information content (AvgIpc) is 2.64. The second kappa shape index (κ2) is 8.17. The number of aryl methyl sites for hydroxylation is 1. The van der Waals surface area contributed by atoms with Crippen molar-refractivity contribution in [3.05, 3.63) is 62.7 Å². The van der Waals surface area contributed by atoms with E-state index in [4.69, 9.17) is 9.47 Å². The minimum atomic E-state index is -1.27. The number of benzene rings is 2. The lowest BCUT2D eigenvalue weighted by atomic mass is 9.94. The molecule has 0 heterocycles. The SMILES string of the molecule is COc1ccc(CCc2c(C(=O)O)cccc2C(=O)O)c([N+](=O)[O-])c1OC. The van der Waals surface area contributed by atoms with Crippen LogP contribution in [0.5, 0.6) is 11.5 Å². The summed E-state index contributed by atoms with van der Waals surface area (Å²) in [6.45, 7) is 0. The van der Waals surface area contributed by atoms with Crippen LogP contribution in [0.3, 0.4) is 0 Å². The lowest BCUT2D eigenvalue weighted by Crippen LogP contribution is -2.11. The van der Waals surface area contributed by atoms with Crippen molar-refractivity contribution in [2.24, 2.45) is 0 Å². The molecule has 0 radical (unpaired) electrons. The normalized spacial score (nSPS) is 10.3. The first-order valence-corrected chi connectivity index (χ1v) is 7.78. The molecule has 142 valence electrons. The summed E-state index contributed by atoms with van der Waals surface area (Å²) in [7, 11) is 2.63. The second-order valence-electron chi connectivity index (χ2n) is 5.51. The van der Waals surface area contributed by atoms with Gasteiger partial charge in [0.2, 0.25) is 5.75 Å². The van der Waals surface area contributed by atoms with Crippen LogP contribution in [-0.2, 0) is 12.8 Å². The van der Waals surface area contributed by atoms with Crippen LogP contribution in [0, 0.1) is 10.1 Å². The van der Waals surface area contributed by atoms with E-state index in [2.05, 4.69) is 0 Å². The molecular formula is C18H17NO8. The Kier molecular flexibility index (Phi) is 5.96. The minimum Gasteiger partial charge on any atom is -0.493 e. The van der Waals surface area contributed by atoms with E-state index in [-0.39, 0.29) is 52.3 Å². The zero-order chi connectivity index (χ0) is 20.1. The molecule has 0 unspecified atom stereocenters. The Labute approximate surface area is 153 Å². The predicted molar refractivity (Wildman–Crippen MR) is 94.0 cm³/mol. The van der Waals surface area contributed by atoms with Crippen molar-refractivity contribution < 1.29 is 34.2 Å². The third kappa shape index (κ3) is 3.97. The van der Waals surface area contributed by atoms with Crippen molar-refractivity contribution in [1.29, 1.82) is 0 Å². The molecule has 2 rings (SSSR count). The van der Waals surface area contributed by atoms with Crippen LogP contribution in [0.1, 0.15) is 31.8 Å². The van der Waals surface area contributed by atoms with Crippen molar-refractivity contribution >= 4 is 17.6 Å². The van der Waals surface area contributed by atoms with E-state index in [1.54, 1.807) is 0 Å². The van der Waals surface area contributed by atoms with Crippen LogP contribution >= 0.6 is 0 Å². The van der Waals surface area contributed by atoms with Gasteiger partial charge in [0.1, 0.15) is 0 Å². The van der Waals surface area contributed by atoms with Gasteiger partial charge in [0.15, 0.2) is 5.75 Å². The monoisotopic (exact) mass is 375 g/mol. The highest BCUT2D eigenvalue weighted by Crippen LogP contribution is 2.40. The van der Waals surface area contributed by atoms with Gasteiger partial charge in [0, 0.05) is 5.56 Å². The third-order valence-corrected chi connectivity index (χ3v) is 4.07. The molecule has 9 heteroatoms. The lowest BCUT2D eigenvalue weighted by molar-refractivity contribution is -0.386. The van der Waals surface area contributed by atoms with Crippen LogP contribution in [0.15, 0.2) is 30.3 Å². The van der Waals surface area contributed by atoms with Crippen LogP contribution in [0.4, 0.5) is 5.69 Å². The number of nitro groups is 1. The minimum absolute atomic E-state index is 0.0135. The second-order valence-corrected chi connectivity index (χ2v) is 5.51. The van der Waals surface area contributed by atoms with Gasteiger partial charge in [-0.25, -0.2) is 9.59 Å². The Bertz CT molecular complexity index is 874. The van der Waals surface area contributed by atoms with Crippen molar-refractivity contribution in [1.82, 2.24) is 0 Å². The number of rotatable bonds is 8. The quantitative estimate of drug-likeness (QED) is 0.531. The van der Waals surface area contributed by atoms with Crippen LogP contribution in [0.25, 0.3) is 0 Å². The van der Waals surface area contributed by atoms with Crippen molar-refractivity contribution in [2.75, 3.05) is 14.2 Å². The molecule has 0 spiro atoms. The van der Waals surface area contributed by atoms with Gasteiger partial charge >= 0.3 is 17.6 Å². The third-order valence-electron chi connectivity index (χ3n) is 4.07. The fourth-order valence-corrected chi connectivity index (χ4v) is 2.87. The molecule has 9 nitrogen and oxygen atoms in total. The summed E-state index contributed by atoms with van der Waals surface area (Å²) in [5.41, 5.74) is -0.242. The molecule has 2 aromatic rings. The highest BCUT2D eigenvalue weighted by molar-refractivity contribution is 5.96. The first kappa shape index (κ1) is 19.7. The zero-order valence-corrected chi connectivity index (χ0v) is 14.6. The molecule has 0 aliphatic rings. The van der Waals surface area contributed by atoms with E-state index in [0.717, 1.165) is 0 Å². The maximum atomic E-state index is 11.5. The Hall–Kier alpha value is -3.62. The Morgan fingerprint density at radius 2 is 1.59 bits per heavy atom. The number of carbonyl (C=O) groups is 2. The number of methoxy groups -OCH3 is 2. The van der Waals surface area contributed by atoms with E-state index in [1.807, 2.05) is 0 Å². The smallest absolute Gasteiger partial charge is 0.335 e. The molecule has 0 fully saturated rings. The standard InChI is InChI=1S/C18H17NO8/c1-26-14-9-7-10(15(19(24)25)16(14)27-2)6-8-11-12(17(20)21)4-3-5-13(11)18(22)23/h3-5,7,9H,6,8H2,1-2H3,(H,20,21)(H,22,23). The topological polar surface area (TPSA) is 136 Å². The average molecular weight is 375 g/mol. The highest BCUT2D eigenvalue weighted by Gasteiger charge is 2.26. The molecule has 27 heavy (non-hydrogen) atoms. The van der Waals surface area contributed by atoms with Crippen LogP contribution < -0.4 is 9.47 Å². The first-order valence-electron chi connectivity index (χ1n) is 7.78. The van der Waals surface area contributed by atoms with E-state index in [1.165, 1.54) is 44.6 Å². The number of nitro benzene ring substituents is 1. The van der Waals surface area contributed by atoms with Crippen LogP contribution in [0.2, 0.25) is 0 Å². The summed E-state index contributed by atoms with van der Waals surface area (Å²) in [5.74, 6) is -2.40. The number of hydrogen-bond acceptors (Lipinski definition) is 6. The summed E-state index contributed by atoms with van der Waals surface area (Å²) in [4.78, 5) is 33.8. The number of hydrogen-bond donors (Lipinski definition) is 2. The summed E-state index contributed by atoms with van der Waals surface area (Å²) in [6, 6.07) is 6.92. The van der Waals surface area contributed by atoms with Gasteiger partial charge in [-0.2, -0.15) is 0 Å². The molecule has 0 aliphatic carbocycles. The molecular weight excluding hydrogens is 358 g/mol. The Morgan fingerprint density at radius 1 is 1.00 bits per heavy atom. The highest BCUT2D eigenvalue weighted by atomic mass is 16.6. The fraction of sp³-hybridized carbons (Fsp3) is 0.222. The van der Waals surface area contributed by atoms with E-state index >= 15 is 0 Å². The van der Waals surface area contributed by atoms with Crippen molar-refractivity contribution in [3.8, 4) is 11.5 Å². The van der Waals surface area contributed by atoms with Crippen molar-refractivity contribution in [2.45, 2.75) is 12.8 Å². The number of aromatic carboxylic acids is 2. The fourth-order valence-electron chi connectivity index (χ4n) is 2.87. The number of carboxylic acid groups (broad SMARTS) is 2. The molecule has 2 N–H and O–H groups in total. The van der Waals surface area contributed by atoms with Gasteiger partial charge in [-0.15, -0.1) is 0 Å². The molecule has 0 saturated heterocycles. The van der Waals surface area contributed by atoms with Crippen LogP contribution in [-0.4, -0.2) is 41.3 Å². The summed E-state index contributed by atoms with van der Waals surface area (Å²) < 4.78 is 10.2. The molecule has 0 atom stereocenters. The Morgan fingerprint density at radius 3 is 2.04 bits per heavy atom. The molecule has 0 bridgehead atoms. The molecule has 0 saturated carbocycles. The van der Waals surface area contributed by atoms with Gasteiger partial charge < -0.3 is 19.7 Å². The lowest BCUT2D eigenvalue weighted by Gasteiger charge is -2.13. The Balaban J connectivity index is 2.50. The van der Waals surface area contributed by atoms with Gasteiger partial charge in [0.25, 0.3) is 0 Å². The number of carboxylic acids is 2. The zero-order valence-electron chi connectivity index (χ0n) is 14.6. The van der Waals surface area contributed by atoms with Gasteiger partial charge in [-0.1, -0.05) is 6.07 Å². The first-order chi connectivity index (χ1) is 12.8. The maximum Gasteiger partial charge on any atom is 0.335 e. The largest absolute Gasteiger partial charge is 0.493 e. The predicted octanol–water partition coefficient (Wildman–Crippen LogP) is 2.79. The van der Waals surface area contributed by atoms with E-state index in [0.29, 0.717) is 0 Å². The summed E-state index contributed by atoms with van der Waals surface area (Å²) >= 11 is 0. The van der Waals surface area contributed by atoms with E-state index in [9.17, 15) is 29.9 Å². The summed E-state index contributed by atoms with van der Waals surface area (Å²) in [5, 5.41) is 30.2. The number of ether oxygens (including phenoxy) is 2. The maximum absolute atomic E-state index is 11.5. The van der Waals surface area contributed by atoms with Gasteiger partial charge in [0.05, 0.1) is 30.3 Å².